The first-order chi connectivity index (χ1) is 15.7. The first-order valence-electron chi connectivity index (χ1n) is 12.3. The Bertz CT molecular complexity index is 562. The van der Waals surface area contributed by atoms with Crippen molar-refractivity contribution in [1.82, 2.24) is 26.2 Å². The topological polar surface area (TPSA) is 121 Å². The highest BCUT2D eigenvalue weighted by Crippen LogP contribution is 2.10. The Balaban J connectivity index is 4.37. The predicted molar refractivity (Wildman–Crippen MR) is 135 cm³/mol. The van der Waals surface area contributed by atoms with E-state index in [0.717, 1.165) is 45.1 Å². The second kappa shape index (κ2) is 16.4. The van der Waals surface area contributed by atoms with Crippen molar-refractivity contribution in [3.05, 3.63) is 0 Å². The molecule has 0 aromatic heterocycles. The zero-order valence-electron chi connectivity index (χ0n) is 22.6. The fourth-order valence-corrected chi connectivity index (χ4v) is 2.96. The Morgan fingerprint density at radius 2 is 1.15 bits per heavy atom. The van der Waals surface area contributed by atoms with Gasteiger partial charge in [0.15, 0.2) is 0 Å². The fourth-order valence-electron chi connectivity index (χ4n) is 2.96. The first kappa shape index (κ1) is 31.8. The standard InChI is InChI=1S/C24H49N5O5/c1-23(2,3)33-21(31)26-15-11-9-13-19(28-20(30)25-17-18-29(7)8)14-10-12-16-27-22(32)34-24(4,5)6/h19H,9-18H2,1-8H3,(H,26,31)(H,27,32)(H2,25,28,30). The number of carbonyl (C=O) groups excluding carboxylic acids is 3. The van der Waals surface area contributed by atoms with Crippen molar-refractivity contribution in [2.45, 2.75) is 97.3 Å². The van der Waals surface area contributed by atoms with Crippen LogP contribution in [0.15, 0.2) is 0 Å². The van der Waals surface area contributed by atoms with Crippen LogP contribution in [0.2, 0.25) is 0 Å². The van der Waals surface area contributed by atoms with E-state index in [0.29, 0.717) is 19.6 Å². The van der Waals surface area contributed by atoms with Crippen LogP contribution in [-0.2, 0) is 9.47 Å². The molecule has 0 aliphatic carbocycles. The van der Waals surface area contributed by atoms with Gasteiger partial charge in [0.05, 0.1) is 0 Å². The molecule has 0 rings (SSSR count). The van der Waals surface area contributed by atoms with Crippen molar-refractivity contribution in [2.75, 3.05) is 40.3 Å². The number of ether oxygens (including phenoxy) is 2. The monoisotopic (exact) mass is 487 g/mol. The molecule has 0 radical (unpaired) electrons. The zero-order valence-corrected chi connectivity index (χ0v) is 22.6. The number of likely N-dealkylation sites (N-methyl/N-ethyl adjacent to an activating group) is 1. The summed E-state index contributed by atoms with van der Waals surface area (Å²) in [6.07, 6.45) is 4.07. The number of urea groups is 1. The highest BCUT2D eigenvalue weighted by atomic mass is 16.6. The summed E-state index contributed by atoms with van der Waals surface area (Å²) in [4.78, 5) is 37.7. The number of amides is 4. The number of nitrogens with one attached hydrogen (secondary N) is 4. The molecule has 0 aromatic carbocycles. The molecule has 34 heavy (non-hydrogen) atoms. The summed E-state index contributed by atoms with van der Waals surface area (Å²) < 4.78 is 10.5. The lowest BCUT2D eigenvalue weighted by Crippen LogP contribution is -2.44. The molecule has 200 valence electrons. The van der Waals surface area contributed by atoms with Crippen molar-refractivity contribution in [3.8, 4) is 0 Å². The summed E-state index contributed by atoms with van der Waals surface area (Å²) in [5.41, 5.74) is -1.03. The van der Waals surface area contributed by atoms with Gasteiger partial charge in [0.25, 0.3) is 0 Å². The van der Waals surface area contributed by atoms with Gasteiger partial charge in [0.1, 0.15) is 11.2 Å². The molecule has 0 atom stereocenters. The van der Waals surface area contributed by atoms with Crippen molar-refractivity contribution in [2.24, 2.45) is 0 Å². The summed E-state index contributed by atoms with van der Waals surface area (Å²) >= 11 is 0. The average Bonchev–Trinajstić information content (AvgIpc) is 2.63. The van der Waals surface area contributed by atoms with Gasteiger partial charge < -0.3 is 35.6 Å². The third-order valence-corrected chi connectivity index (χ3v) is 4.47. The lowest BCUT2D eigenvalue weighted by Gasteiger charge is -2.21. The van der Waals surface area contributed by atoms with Crippen molar-refractivity contribution >= 4 is 18.2 Å². The average molecular weight is 488 g/mol. The van der Waals surface area contributed by atoms with Crippen LogP contribution in [0.4, 0.5) is 14.4 Å². The number of alkyl carbamates (subject to hydrolysis) is 2. The van der Waals surface area contributed by atoms with Gasteiger partial charge in [-0.15, -0.1) is 0 Å². The summed E-state index contributed by atoms with van der Waals surface area (Å²) in [5, 5.41) is 11.5. The first-order valence-corrected chi connectivity index (χ1v) is 12.3. The fraction of sp³-hybridized carbons (Fsp3) is 0.875. The number of rotatable bonds is 14. The maximum Gasteiger partial charge on any atom is 0.407 e. The molecule has 4 N–H and O–H groups in total. The molecule has 0 spiro atoms. The number of carbonyl (C=O) groups is 3. The van der Waals surface area contributed by atoms with Gasteiger partial charge in [-0.3, -0.25) is 0 Å². The Kier molecular flexibility index (Phi) is 15.3. The van der Waals surface area contributed by atoms with E-state index >= 15 is 0 Å². The summed E-state index contributed by atoms with van der Waals surface area (Å²) in [6.45, 7) is 13.4. The van der Waals surface area contributed by atoms with E-state index in [1.807, 2.05) is 60.5 Å². The van der Waals surface area contributed by atoms with E-state index in [1.54, 1.807) is 0 Å². The third kappa shape index (κ3) is 21.6. The molecule has 10 heteroatoms. The molecule has 0 fully saturated rings. The number of unbranched alkanes of at least 4 members (excludes halogenated alkanes) is 2. The van der Waals surface area contributed by atoms with Crippen LogP contribution in [0.5, 0.6) is 0 Å². The van der Waals surface area contributed by atoms with E-state index in [9.17, 15) is 14.4 Å². The second-order valence-electron chi connectivity index (χ2n) is 10.7. The highest BCUT2D eigenvalue weighted by molar-refractivity contribution is 5.74. The summed E-state index contributed by atoms with van der Waals surface area (Å²) in [6, 6.07) is -0.159. The van der Waals surface area contributed by atoms with Gasteiger partial charge >= 0.3 is 18.2 Å². The molecule has 4 amide bonds. The lowest BCUT2D eigenvalue weighted by molar-refractivity contribution is 0.0515. The largest absolute Gasteiger partial charge is 0.444 e. The van der Waals surface area contributed by atoms with Gasteiger partial charge in [0, 0.05) is 32.2 Å². The Morgan fingerprint density at radius 3 is 1.53 bits per heavy atom. The van der Waals surface area contributed by atoms with Crippen molar-refractivity contribution < 1.29 is 23.9 Å². The molecule has 0 heterocycles. The van der Waals surface area contributed by atoms with Crippen LogP contribution in [0.25, 0.3) is 0 Å². The van der Waals surface area contributed by atoms with E-state index in [1.165, 1.54) is 0 Å². The van der Waals surface area contributed by atoms with E-state index in [4.69, 9.17) is 9.47 Å². The van der Waals surface area contributed by atoms with Crippen LogP contribution in [0.3, 0.4) is 0 Å². The molecule has 0 unspecified atom stereocenters. The molecule has 0 aliphatic rings. The van der Waals surface area contributed by atoms with Crippen LogP contribution in [-0.4, -0.2) is 80.6 Å². The second-order valence-corrected chi connectivity index (χ2v) is 10.7. The molecular formula is C24H49N5O5. The Hall–Kier alpha value is -2.23. The molecule has 10 nitrogen and oxygen atoms in total. The zero-order chi connectivity index (χ0) is 26.2. The minimum atomic E-state index is -0.516. The molecule has 0 saturated heterocycles. The van der Waals surface area contributed by atoms with Crippen molar-refractivity contribution in [3.63, 3.8) is 0 Å². The van der Waals surface area contributed by atoms with E-state index < -0.39 is 23.4 Å². The third-order valence-electron chi connectivity index (χ3n) is 4.47. The quantitative estimate of drug-likeness (QED) is 0.278. The van der Waals surface area contributed by atoms with Gasteiger partial charge in [-0.1, -0.05) is 0 Å². The van der Waals surface area contributed by atoms with E-state index in [2.05, 4.69) is 21.3 Å². The number of nitrogens with zero attached hydrogens (tertiary/aromatic N) is 1. The minimum absolute atomic E-state index is 0.0161. The SMILES string of the molecule is CN(C)CCNC(=O)NC(CCCCNC(=O)OC(C)(C)C)CCCCNC(=O)OC(C)(C)C. The molecule has 0 aromatic rings. The summed E-state index contributed by atoms with van der Waals surface area (Å²) in [7, 11) is 3.91. The lowest BCUT2D eigenvalue weighted by atomic mass is 10.0. The van der Waals surface area contributed by atoms with Gasteiger partial charge in [-0.25, -0.2) is 14.4 Å². The maximum atomic E-state index is 12.3. The van der Waals surface area contributed by atoms with Crippen LogP contribution in [0, 0.1) is 0 Å². The number of hydrogen-bond donors (Lipinski definition) is 4. The predicted octanol–water partition coefficient (Wildman–Crippen LogP) is 3.61. The minimum Gasteiger partial charge on any atom is -0.444 e. The summed E-state index contributed by atoms with van der Waals surface area (Å²) in [5.74, 6) is 0. The molecular weight excluding hydrogens is 438 g/mol. The van der Waals surface area contributed by atoms with Crippen LogP contribution >= 0.6 is 0 Å². The maximum absolute atomic E-state index is 12.3. The molecule has 0 aliphatic heterocycles. The molecule has 0 saturated carbocycles. The van der Waals surface area contributed by atoms with Crippen molar-refractivity contribution in [1.29, 1.82) is 0 Å². The molecule has 0 bridgehead atoms. The Labute approximate surface area is 206 Å². The Morgan fingerprint density at radius 1 is 0.706 bits per heavy atom. The smallest absolute Gasteiger partial charge is 0.407 e. The van der Waals surface area contributed by atoms with Gasteiger partial charge in [0.2, 0.25) is 0 Å². The van der Waals surface area contributed by atoms with Crippen LogP contribution in [0.1, 0.15) is 80.1 Å². The van der Waals surface area contributed by atoms with Crippen LogP contribution < -0.4 is 21.3 Å². The van der Waals surface area contributed by atoms with Gasteiger partial charge in [-0.2, -0.15) is 0 Å². The van der Waals surface area contributed by atoms with Gasteiger partial charge in [-0.05, 0) is 94.2 Å². The van der Waals surface area contributed by atoms with E-state index in [-0.39, 0.29) is 12.1 Å². The number of hydrogen-bond acceptors (Lipinski definition) is 6. The highest BCUT2D eigenvalue weighted by Gasteiger charge is 2.17. The normalized spacial score (nSPS) is 11.8.